The van der Waals surface area contributed by atoms with Gasteiger partial charge in [-0.1, -0.05) is 54.0 Å². The zero-order valence-corrected chi connectivity index (χ0v) is 11.9. The van der Waals surface area contributed by atoms with Crippen LogP contribution in [0.2, 0.25) is 0 Å². The van der Waals surface area contributed by atoms with Crippen LogP contribution in [0, 0.1) is 5.92 Å². The lowest BCUT2D eigenvalue weighted by Gasteiger charge is -2.09. The van der Waals surface area contributed by atoms with Crippen molar-refractivity contribution >= 4 is 21.9 Å². The van der Waals surface area contributed by atoms with E-state index in [0.29, 0.717) is 5.92 Å². The normalized spacial score (nSPS) is 12.7. The van der Waals surface area contributed by atoms with E-state index in [-0.39, 0.29) is 11.2 Å². The van der Waals surface area contributed by atoms with Gasteiger partial charge in [0.2, 0.25) is 0 Å². The fourth-order valence-corrected chi connectivity index (χ4v) is 2.45. The van der Waals surface area contributed by atoms with Crippen LogP contribution in [-0.2, 0) is 17.6 Å². The number of benzene rings is 1. The Labute approximate surface area is 111 Å². The van der Waals surface area contributed by atoms with Gasteiger partial charge in [0.1, 0.15) is 0 Å². The smallest absolute Gasteiger partial charge is 0.304 e. The first-order chi connectivity index (χ1) is 7.97. The predicted molar refractivity (Wildman–Crippen MR) is 73.7 cm³/mol. The third-order valence-corrected chi connectivity index (χ3v) is 3.17. The number of rotatable bonds is 6. The maximum absolute atomic E-state index is 10.5. The van der Waals surface area contributed by atoms with Crippen molar-refractivity contribution in [1.29, 1.82) is 0 Å². The van der Waals surface area contributed by atoms with E-state index in [9.17, 15) is 4.79 Å². The fraction of sp³-hybridized carbons (Fsp3) is 0.500. The molecule has 1 aromatic rings. The van der Waals surface area contributed by atoms with Crippen LogP contribution < -0.4 is 0 Å². The number of hydrogen-bond donors (Lipinski definition) is 1. The zero-order chi connectivity index (χ0) is 12.8. The van der Waals surface area contributed by atoms with Crippen LogP contribution in [0.15, 0.2) is 24.3 Å². The molecule has 0 heterocycles. The second-order valence-electron chi connectivity index (χ2n) is 4.81. The Hall–Kier alpha value is -0.830. The Kier molecular flexibility index (Phi) is 5.69. The average molecular weight is 299 g/mol. The molecule has 17 heavy (non-hydrogen) atoms. The molecule has 1 N–H and O–H groups in total. The minimum absolute atomic E-state index is 0.0101. The second kappa shape index (κ2) is 6.80. The molecule has 1 unspecified atom stereocenters. The van der Waals surface area contributed by atoms with Gasteiger partial charge in [-0.15, -0.1) is 0 Å². The van der Waals surface area contributed by atoms with Gasteiger partial charge in [0.25, 0.3) is 0 Å². The number of halogens is 1. The Balaban J connectivity index is 2.53. The van der Waals surface area contributed by atoms with Crippen molar-refractivity contribution in [2.45, 2.75) is 37.9 Å². The molecular weight excluding hydrogens is 280 g/mol. The lowest BCUT2D eigenvalue weighted by atomic mass is 10.00. The van der Waals surface area contributed by atoms with Crippen molar-refractivity contribution < 1.29 is 9.90 Å². The van der Waals surface area contributed by atoms with Crippen molar-refractivity contribution in [3.8, 4) is 0 Å². The Morgan fingerprint density at radius 2 is 1.65 bits per heavy atom. The van der Waals surface area contributed by atoms with E-state index in [2.05, 4.69) is 54.0 Å². The van der Waals surface area contributed by atoms with E-state index in [1.165, 1.54) is 11.1 Å². The third kappa shape index (κ3) is 5.87. The summed E-state index contributed by atoms with van der Waals surface area (Å²) >= 11 is 3.39. The predicted octanol–water partition coefficient (Wildman–Crippen LogP) is 3.67. The first-order valence-corrected chi connectivity index (χ1v) is 6.82. The molecule has 0 aliphatic rings. The molecule has 0 saturated heterocycles. The number of carboxylic acid groups (broad SMARTS) is 1. The summed E-state index contributed by atoms with van der Waals surface area (Å²) in [4.78, 5) is 10.6. The maximum atomic E-state index is 10.5. The van der Waals surface area contributed by atoms with Crippen LogP contribution in [-0.4, -0.2) is 15.9 Å². The van der Waals surface area contributed by atoms with E-state index >= 15 is 0 Å². The summed E-state index contributed by atoms with van der Waals surface area (Å²) in [6, 6.07) is 8.45. The van der Waals surface area contributed by atoms with Crippen LogP contribution in [0.4, 0.5) is 0 Å². The topological polar surface area (TPSA) is 37.3 Å². The summed E-state index contributed by atoms with van der Waals surface area (Å²) < 4.78 is 0. The second-order valence-corrected chi connectivity index (χ2v) is 6.11. The number of carboxylic acids is 1. The molecule has 0 saturated carbocycles. The summed E-state index contributed by atoms with van der Waals surface area (Å²) in [6.45, 7) is 4.41. The van der Waals surface area contributed by atoms with Crippen LogP contribution in [0.25, 0.3) is 0 Å². The van der Waals surface area contributed by atoms with E-state index in [1.54, 1.807) is 0 Å². The number of carbonyl (C=O) groups is 1. The summed E-state index contributed by atoms with van der Waals surface area (Å²) in [5.41, 5.74) is 2.52. The molecule has 0 aromatic heterocycles. The molecule has 0 aliphatic carbocycles. The highest BCUT2D eigenvalue weighted by Gasteiger charge is 2.10. The molecule has 1 aromatic carbocycles. The van der Waals surface area contributed by atoms with Gasteiger partial charge in [-0.25, -0.2) is 0 Å². The molecule has 0 fully saturated rings. The lowest BCUT2D eigenvalue weighted by Crippen LogP contribution is -2.09. The first kappa shape index (κ1) is 14.2. The van der Waals surface area contributed by atoms with Gasteiger partial charge in [-0.2, -0.15) is 0 Å². The number of hydrogen-bond acceptors (Lipinski definition) is 1. The van der Waals surface area contributed by atoms with E-state index in [1.807, 2.05) is 0 Å². The van der Waals surface area contributed by atoms with Crippen molar-refractivity contribution in [2.24, 2.45) is 5.92 Å². The quantitative estimate of drug-likeness (QED) is 0.814. The molecule has 0 amide bonds. The SMILES string of the molecule is CC(C)Cc1ccc(CC(Br)CC(=O)O)cc1. The van der Waals surface area contributed by atoms with Gasteiger partial charge < -0.3 is 5.11 Å². The molecule has 1 atom stereocenters. The molecule has 0 aliphatic heterocycles. The molecular formula is C14H19BrO2. The minimum atomic E-state index is -0.761. The summed E-state index contributed by atoms with van der Waals surface area (Å²) in [5, 5.41) is 8.68. The van der Waals surface area contributed by atoms with Crippen molar-refractivity contribution in [1.82, 2.24) is 0 Å². The molecule has 2 nitrogen and oxygen atoms in total. The van der Waals surface area contributed by atoms with E-state index in [4.69, 9.17) is 5.11 Å². The lowest BCUT2D eigenvalue weighted by molar-refractivity contribution is -0.136. The molecule has 1 rings (SSSR count). The third-order valence-electron chi connectivity index (χ3n) is 2.52. The Morgan fingerprint density at radius 1 is 1.18 bits per heavy atom. The Morgan fingerprint density at radius 3 is 2.06 bits per heavy atom. The summed E-state index contributed by atoms with van der Waals surface area (Å²) in [6.07, 6.45) is 2.01. The van der Waals surface area contributed by atoms with Crippen LogP contribution in [0.3, 0.4) is 0 Å². The zero-order valence-electron chi connectivity index (χ0n) is 10.3. The highest BCUT2D eigenvalue weighted by molar-refractivity contribution is 9.09. The summed E-state index contributed by atoms with van der Waals surface area (Å²) in [7, 11) is 0. The van der Waals surface area contributed by atoms with Crippen molar-refractivity contribution in [3.63, 3.8) is 0 Å². The van der Waals surface area contributed by atoms with Crippen molar-refractivity contribution in [3.05, 3.63) is 35.4 Å². The summed E-state index contributed by atoms with van der Waals surface area (Å²) in [5.74, 6) is -0.0971. The van der Waals surface area contributed by atoms with Gasteiger partial charge in [0.05, 0.1) is 6.42 Å². The van der Waals surface area contributed by atoms with Gasteiger partial charge in [-0.05, 0) is 29.9 Å². The highest BCUT2D eigenvalue weighted by atomic mass is 79.9. The maximum Gasteiger partial charge on any atom is 0.304 e. The molecule has 0 radical (unpaired) electrons. The van der Waals surface area contributed by atoms with Gasteiger partial charge >= 0.3 is 5.97 Å². The molecule has 3 heteroatoms. The monoisotopic (exact) mass is 298 g/mol. The van der Waals surface area contributed by atoms with Gasteiger partial charge in [-0.3, -0.25) is 4.79 Å². The average Bonchev–Trinajstić information content (AvgIpc) is 2.18. The van der Waals surface area contributed by atoms with E-state index < -0.39 is 5.97 Å². The fourth-order valence-electron chi connectivity index (χ4n) is 1.80. The Bertz CT molecular complexity index is 357. The number of alkyl halides is 1. The van der Waals surface area contributed by atoms with Crippen LogP contribution >= 0.6 is 15.9 Å². The van der Waals surface area contributed by atoms with Gasteiger partial charge in [0.15, 0.2) is 0 Å². The minimum Gasteiger partial charge on any atom is -0.481 e. The first-order valence-electron chi connectivity index (χ1n) is 5.91. The van der Waals surface area contributed by atoms with Crippen LogP contribution in [0.1, 0.15) is 31.4 Å². The largest absolute Gasteiger partial charge is 0.481 e. The number of aliphatic carboxylic acids is 1. The van der Waals surface area contributed by atoms with Crippen molar-refractivity contribution in [2.75, 3.05) is 0 Å². The molecule has 0 bridgehead atoms. The molecule has 0 spiro atoms. The van der Waals surface area contributed by atoms with Crippen LogP contribution in [0.5, 0.6) is 0 Å². The standard InChI is InChI=1S/C14H19BrO2/c1-10(2)7-11-3-5-12(6-4-11)8-13(15)9-14(16)17/h3-6,10,13H,7-9H2,1-2H3,(H,16,17). The van der Waals surface area contributed by atoms with Gasteiger partial charge in [0, 0.05) is 4.83 Å². The molecule has 94 valence electrons. The van der Waals surface area contributed by atoms with E-state index in [0.717, 1.165) is 12.8 Å². The highest BCUT2D eigenvalue weighted by Crippen LogP contribution is 2.15.